The topological polar surface area (TPSA) is 101 Å². The first-order chi connectivity index (χ1) is 11.2. The maximum atomic E-state index is 11.8. The molecule has 0 unspecified atom stereocenters. The lowest BCUT2D eigenvalue weighted by Crippen LogP contribution is -2.29. The van der Waals surface area contributed by atoms with Gasteiger partial charge in [-0.1, -0.05) is 5.21 Å². The monoisotopic (exact) mass is 316 g/mol. The van der Waals surface area contributed by atoms with Crippen molar-refractivity contribution in [2.24, 2.45) is 7.05 Å². The summed E-state index contributed by atoms with van der Waals surface area (Å²) >= 11 is 0. The molecule has 1 aliphatic rings. The molecule has 122 valence electrons. The van der Waals surface area contributed by atoms with E-state index in [9.17, 15) is 4.79 Å². The van der Waals surface area contributed by atoms with Gasteiger partial charge in [-0.2, -0.15) is 5.10 Å². The van der Waals surface area contributed by atoms with Crippen molar-refractivity contribution in [1.82, 2.24) is 30.5 Å². The third-order valence-corrected chi connectivity index (χ3v) is 3.66. The molecular formula is C14H20N8O. The lowest BCUT2D eigenvalue weighted by Gasteiger charge is -2.17. The van der Waals surface area contributed by atoms with Crippen molar-refractivity contribution in [1.29, 1.82) is 0 Å². The quantitative estimate of drug-likeness (QED) is 0.726. The van der Waals surface area contributed by atoms with Crippen molar-refractivity contribution in [2.45, 2.75) is 12.8 Å². The molecule has 0 bridgehead atoms. The van der Waals surface area contributed by atoms with Gasteiger partial charge in [-0.3, -0.25) is 9.48 Å². The molecular weight excluding hydrogens is 296 g/mol. The number of aromatic nitrogens is 5. The van der Waals surface area contributed by atoms with Crippen LogP contribution in [-0.4, -0.2) is 57.3 Å². The van der Waals surface area contributed by atoms with E-state index in [0.29, 0.717) is 24.6 Å². The lowest BCUT2D eigenvalue weighted by molar-refractivity contribution is 0.0950. The Bertz CT molecular complexity index is 664. The summed E-state index contributed by atoms with van der Waals surface area (Å²) in [7, 11) is 1.72. The number of nitrogens with zero attached hydrogens (tertiary/aromatic N) is 6. The van der Waals surface area contributed by atoms with Gasteiger partial charge in [0, 0.05) is 39.3 Å². The van der Waals surface area contributed by atoms with Crippen molar-refractivity contribution in [2.75, 3.05) is 36.4 Å². The predicted molar refractivity (Wildman–Crippen MR) is 85.3 cm³/mol. The Morgan fingerprint density at radius 2 is 2.09 bits per heavy atom. The first-order valence-corrected chi connectivity index (χ1v) is 7.68. The van der Waals surface area contributed by atoms with Gasteiger partial charge in [-0.05, 0) is 12.8 Å². The minimum absolute atomic E-state index is 0.239. The molecule has 3 rings (SSSR count). The number of aryl methyl sites for hydroxylation is 1. The van der Waals surface area contributed by atoms with Gasteiger partial charge < -0.3 is 15.5 Å². The fourth-order valence-electron chi connectivity index (χ4n) is 2.50. The second kappa shape index (κ2) is 7.03. The minimum Gasteiger partial charge on any atom is -0.370 e. The fraction of sp³-hybridized carbons (Fsp3) is 0.500. The fourth-order valence-corrected chi connectivity index (χ4v) is 2.50. The van der Waals surface area contributed by atoms with Crippen LogP contribution >= 0.6 is 0 Å². The average Bonchev–Trinajstić information content (AvgIpc) is 3.23. The smallest absolute Gasteiger partial charge is 0.273 e. The van der Waals surface area contributed by atoms with E-state index in [-0.39, 0.29) is 5.91 Å². The summed E-state index contributed by atoms with van der Waals surface area (Å²) in [5, 5.41) is 21.5. The summed E-state index contributed by atoms with van der Waals surface area (Å²) in [6, 6.07) is 1.99. The van der Waals surface area contributed by atoms with Gasteiger partial charge in [0.25, 0.3) is 5.91 Å². The molecule has 0 saturated carbocycles. The van der Waals surface area contributed by atoms with Crippen molar-refractivity contribution in [3.05, 3.63) is 24.2 Å². The van der Waals surface area contributed by atoms with Gasteiger partial charge in [0.05, 0.1) is 18.1 Å². The highest BCUT2D eigenvalue weighted by molar-refractivity contribution is 5.91. The van der Waals surface area contributed by atoms with Crippen LogP contribution < -0.4 is 15.5 Å². The van der Waals surface area contributed by atoms with Crippen molar-refractivity contribution in [3.63, 3.8) is 0 Å². The Balaban J connectivity index is 1.45. The molecule has 3 heterocycles. The minimum atomic E-state index is -0.239. The predicted octanol–water partition coefficient (Wildman–Crippen LogP) is 0.0472. The Kier molecular flexibility index (Phi) is 4.65. The van der Waals surface area contributed by atoms with Crippen LogP contribution in [0.5, 0.6) is 0 Å². The zero-order chi connectivity index (χ0) is 16.1. The van der Waals surface area contributed by atoms with Gasteiger partial charge in [0.2, 0.25) is 0 Å². The molecule has 9 heteroatoms. The van der Waals surface area contributed by atoms with Crippen molar-refractivity contribution in [3.8, 4) is 0 Å². The molecule has 0 radical (unpaired) electrons. The summed E-state index contributed by atoms with van der Waals surface area (Å²) in [6.45, 7) is 3.16. The largest absolute Gasteiger partial charge is 0.370 e. The molecule has 0 atom stereocenters. The Morgan fingerprint density at radius 1 is 1.26 bits per heavy atom. The zero-order valence-electron chi connectivity index (χ0n) is 13.1. The molecule has 2 aromatic rings. The van der Waals surface area contributed by atoms with Crippen LogP contribution in [0.25, 0.3) is 0 Å². The van der Waals surface area contributed by atoms with E-state index in [1.165, 1.54) is 17.5 Å². The zero-order valence-corrected chi connectivity index (χ0v) is 13.1. The molecule has 1 fully saturated rings. The maximum Gasteiger partial charge on any atom is 0.273 e. The Hall–Kier alpha value is -2.71. The summed E-state index contributed by atoms with van der Waals surface area (Å²) in [6.07, 6.45) is 5.80. The molecule has 1 aliphatic heterocycles. The first-order valence-electron chi connectivity index (χ1n) is 7.68. The van der Waals surface area contributed by atoms with Crippen LogP contribution in [0.15, 0.2) is 18.5 Å². The molecule has 1 amide bonds. The molecule has 23 heavy (non-hydrogen) atoms. The number of rotatable bonds is 6. The van der Waals surface area contributed by atoms with Crippen LogP contribution in [0.4, 0.5) is 11.5 Å². The third kappa shape index (κ3) is 3.93. The van der Waals surface area contributed by atoms with Crippen molar-refractivity contribution >= 4 is 17.4 Å². The van der Waals surface area contributed by atoms with E-state index in [1.54, 1.807) is 19.4 Å². The highest BCUT2D eigenvalue weighted by atomic mass is 16.2. The highest BCUT2D eigenvalue weighted by Crippen LogP contribution is 2.20. The van der Waals surface area contributed by atoms with Crippen LogP contribution in [0.1, 0.15) is 23.3 Å². The Labute approximate surface area is 134 Å². The number of hydrogen-bond donors (Lipinski definition) is 2. The lowest BCUT2D eigenvalue weighted by atomic mass is 10.4. The summed E-state index contributed by atoms with van der Waals surface area (Å²) in [5.74, 6) is 0.472. The Morgan fingerprint density at radius 3 is 2.83 bits per heavy atom. The standard InChI is InChI=1S/C14H20N8O/c1-21-10-12(18-20-21)14(23)16-5-4-15-13-8-11(9-17-19-13)22-6-2-3-7-22/h8-10H,2-7H2,1H3,(H,15,19)(H,16,23). The number of nitrogens with one attached hydrogen (secondary N) is 2. The second-order valence-corrected chi connectivity index (χ2v) is 5.45. The number of carbonyl (C=O) groups excluding carboxylic acids is 1. The van der Waals surface area contributed by atoms with Crippen LogP contribution in [-0.2, 0) is 7.05 Å². The molecule has 9 nitrogen and oxygen atoms in total. The molecule has 2 aromatic heterocycles. The second-order valence-electron chi connectivity index (χ2n) is 5.45. The van der Waals surface area contributed by atoms with E-state index in [4.69, 9.17) is 0 Å². The van der Waals surface area contributed by atoms with E-state index in [2.05, 4.69) is 36.0 Å². The third-order valence-electron chi connectivity index (χ3n) is 3.66. The molecule has 0 spiro atoms. The van der Waals surface area contributed by atoms with Crippen LogP contribution in [0.2, 0.25) is 0 Å². The summed E-state index contributed by atoms with van der Waals surface area (Å²) < 4.78 is 1.49. The molecule has 0 aromatic carbocycles. The van der Waals surface area contributed by atoms with Crippen LogP contribution in [0.3, 0.4) is 0 Å². The molecule has 0 aliphatic carbocycles. The first kappa shape index (κ1) is 15.2. The molecule has 1 saturated heterocycles. The van der Waals surface area contributed by atoms with Crippen LogP contribution in [0, 0.1) is 0 Å². The SMILES string of the molecule is Cn1cc(C(=O)NCCNc2cc(N3CCCC3)cnn2)nn1. The number of hydrogen-bond acceptors (Lipinski definition) is 7. The molecule has 2 N–H and O–H groups in total. The van der Waals surface area contributed by atoms with Gasteiger partial charge in [0.15, 0.2) is 11.5 Å². The average molecular weight is 316 g/mol. The van der Waals surface area contributed by atoms with E-state index < -0.39 is 0 Å². The van der Waals surface area contributed by atoms with Gasteiger partial charge >= 0.3 is 0 Å². The number of amides is 1. The van der Waals surface area contributed by atoms with Crippen molar-refractivity contribution < 1.29 is 4.79 Å². The maximum absolute atomic E-state index is 11.8. The normalized spacial score (nSPS) is 14.0. The summed E-state index contributed by atoms with van der Waals surface area (Å²) in [5.41, 5.74) is 1.40. The highest BCUT2D eigenvalue weighted by Gasteiger charge is 2.13. The van der Waals surface area contributed by atoms with Gasteiger partial charge in [-0.25, -0.2) is 0 Å². The van der Waals surface area contributed by atoms with Gasteiger partial charge in [0.1, 0.15) is 0 Å². The van der Waals surface area contributed by atoms with E-state index >= 15 is 0 Å². The summed E-state index contributed by atoms with van der Waals surface area (Å²) in [4.78, 5) is 14.1. The number of anilines is 2. The van der Waals surface area contributed by atoms with E-state index in [0.717, 1.165) is 18.8 Å². The van der Waals surface area contributed by atoms with E-state index in [1.807, 2.05) is 6.07 Å². The van der Waals surface area contributed by atoms with Gasteiger partial charge in [-0.15, -0.1) is 10.2 Å². The number of carbonyl (C=O) groups is 1.